The lowest BCUT2D eigenvalue weighted by molar-refractivity contribution is -0.0466. The van der Waals surface area contributed by atoms with E-state index < -0.39 is 6.03 Å². The van der Waals surface area contributed by atoms with Crippen molar-refractivity contribution in [3.05, 3.63) is 30.1 Å². The van der Waals surface area contributed by atoms with Gasteiger partial charge in [-0.05, 0) is 57.9 Å². The van der Waals surface area contributed by atoms with Crippen LogP contribution in [0.2, 0.25) is 0 Å². The van der Waals surface area contributed by atoms with Gasteiger partial charge >= 0.3 is 6.03 Å². The van der Waals surface area contributed by atoms with Gasteiger partial charge in [-0.15, -0.1) is 0 Å². The first-order valence-corrected chi connectivity index (χ1v) is 7.58. The van der Waals surface area contributed by atoms with Gasteiger partial charge in [0.15, 0.2) is 0 Å². The molecule has 1 heterocycles. The van der Waals surface area contributed by atoms with Crippen LogP contribution >= 0.6 is 0 Å². The first-order chi connectivity index (χ1) is 10.3. The van der Waals surface area contributed by atoms with Crippen LogP contribution < -0.4 is 10.8 Å². The summed E-state index contributed by atoms with van der Waals surface area (Å²) in [6.45, 7) is 8.50. The monoisotopic (exact) mass is 309 g/mol. The Morgan fingerprint density at radius 3 is 2.36 bits per heavy atom. The minimum atomic E-state index is -0.454. The van der Waals surface area contributed by atoms with E-state index in [0.717, 1.165) is 25.9 Å². The smallest absolute Gasteiger partial charge is 0.306 e. The number of carbonyl (C=O) groups is 1. The van der Waals surface area contributed by atoms with Crippen LogP contribution in [0.15, 0.2) is 24.3 Å². The molecule has 0 radical (unpaired) electrons. The number of amides is 2. The molecule has 1 aliphatic rings. The van der Waals surface area contributed by atoms with Gasteiger partial charge in [-0.3, -0.25) is 9.74 Å². The predicted octanol–water partition coefficient (Wildman–Crippen LogP) is 3.14. The van der Waals surface area contributed by atoms with E-state index in [9.17, 15) is 9.18 Å². The minimum absolute atomic E-state index is 0.0255. The molecular formula is C16H24FN3O2. The standard InChI is InChI=1S/C16H24FN3O2/c1-16(2,3)20-10-8-14(9-11-20)22-19-15(21)18-13-6-4-12(17)5-7-13/h4-7,14H,8-11H2,1-3H3,(H2,18,19,21). The van der Waals surface area contributed by atoms with Crippen molar-refractivity contribution in [2.45, 2.75) is 45.3 Å². The molecule has 2 rings (SSSR count). The van der Waals surface area contributed by atoms with Gasteiger partial charge in [0.25, 0.3) is 0 Å². The highest BCUT2D eigenvalue weighted by Gasteiger charge is 2.27. The molecule has 0 bridgehead atoms. The van der Waals surface area contributed by atoms with Gasteiger partial charge < -0.3 is 5.32 Å². The van der Waals surface area contributed by atoms with Gasteiger partial charge in [0.1, 0.15) is 5.82 Å². The summed E-state index contributed by atoms with van der Waals surface area (Å²) in [7, 11) is 0. The van der Waals surface area contributed by atoms with E-state index in [0.29, 0.717) is 5.69 Å². The summed E-state index contributed by atoms with van der Waals surface area (Å²) in [4.78, 5) is 19.6. The maximum Gasteiger partial charge on any atom is 0.343 e. The van der Waals surface area contributed by atoms with Gasteiger partial charge in [-0.1, -0.05) is 0 Å². The first-order valence-electron chi connectivity index (χ1n) is 7.58. The number of nitrogens with zero attached hydrogens (tertiary/aromatic N) is 1. The molecule has 2 N–H and O–H groups in total. The Morgan fingerprint density at radius 1 is 1.23 bits per heavy atom. The van der Waals surface area contributed by atoms with Crippen molar-refractivity contribution in [3.63, 3.8) is 0 Å². The molecule has 1 aromatic rings. The number of halogens is 1. The second-order valence-electron chi connectivity index (χ2n) is 6.54. The molecular weight excluding hydrogens is 285 g/mol. The predicted molar refractivity (Wildman–Crippen MR) is 84.0 cm³/mol. The molecule has 0 aliphatic carbocycles. The fraction of sp³-hybridized carbons (Fsp3) is 0.562. The zero-order chi connectivity index (χ0) is 16.2. The highest BCUT2D eigenvalue weighted by molar-refractivity contribution is 5.88. The van der Waals surface area contributed by atoms with Crippen LogP contribution in [0.1, 0.15) is 33.6 Å². The Balaban J connectivity index is 1.70. The Morgan fingerprint density at radius 2 is 1.82 bits per heavy atom. The summed E-state index contributed by atoms with van der Waals surface area (Å²) in [5.74, 6) is -0.340. The van der Waals surface area contributed by atoms with Crippen LogP contribution in [0.4, 0.5) is 14.9 Å². The highest BCUT2D eigenvalue weighted by Crippen LogP contribution is 2.21. The zero-order valence-corrected chi connectivity index (χ0v) is 13.4. The fourth-order valence-electron chi connectivity index (χ4n) is 2.47. The number of urea groups is 1. The molecule has 22 heavy (non-hydrogen) atoms. The van der Waals surface area contributed by atoms with Crippen LogP contribution in [0.3, 0.4) is 0 Å². The summed E-state index contributed by atoms with van der Waals surface area (Å²) in [5, 5.41) is 2.59. The van der Waals surface area contributed by atoms with Crippen molar-refractivity contribution in [3.8, 4) is 0 Å². The van der Waals surface area contributed by atoms with Gasteiger partial charge in [0.05, 0.1) is 6.10 Å². The van der Waals surface area contributed by atoms with Gasteiger partial charge in [0.2, 0.25) is 0 Å². The number of hydrogen-bond donors (Lipinski definition) is 2. The van der Waals surface area contributed by atoms with Crippen molar-refractivity contribution in [2.75, 3.05) is 18.4 Å². The molecule has 122 valence electrons. The Bertz CT molecular complexity index is 491. The quantitative estimate of drug-likeness (QED) is 0.843. The summed E-state index contributed by atoms with van der Waals surface area (Å²) >= 11 is 0. The molecule has 5 nitrogen and oxygen atoms in total. The van der Waals surface area contributed by atoms with Crippen molar-refractivity contribution in [1.29, 1.82) is 0 Å². The number of piperidine rings is 1. The number of carbonyl (C=O) groups excluding carboxylic acids is 1. The van der Waals surface area contributed by atoms with E-state index in [4.69, 9.17) is 4.84 Å². The lowest BCUT2D eigenvalue weighted by Crippen LogP contribution is -2.48. The average molecular weight is 309 g/mol. The van der Waals surface area contributed by atoms with E-state index in [2.05, 4.69) is 36.5 Å². The topological polar surface area (TPSA) is 53.6 Å². The summed E-state index contributed by atoms with van der Waals surface area (Å²) in [6, 6.07) is 5.12. The fourth-order valence-corrected chi connectivity index (χ4v) is 2.47. The number of hydroxylamine groups is 1. The van der Waals surface area contributed by atoms with Crippen LogP contribution in [0, 0.1) is 5.82 Å². The molecule has 1 fully saturated rings. The Labute approximate surface area is 130 Å². The molecule has 0 atom stereocenters. The molecule has 1 saturated heterocycles. The summed E-state index contributed by atoms with van der Waals surface area (Å²) in [5.41, 5.74) is 3.09. The molecule has 0 spiro atoms. The molecule has 6 heteroatoms. The number of hydrogen-bond acceptors (Lipinski definition) is 3. The maximum atomic E-state index is 12.8. The Hall–Kier alpha value is -1.66. The first kappa shape index (κ1) is 16.7. The van der Waals surface area contributed by atoms with Crippen molar-refractivity contribution >= 4 is 11.7 Å². The number of anilines is 1. The third-order valence-corrected chi connectivity index (χ3v) is 3.81. The molecule has 1 aromatic carbocycles. The summed E-state index contributed by atoms with van der Waals surface area (Å²) < 4.78 is 12.8. The lowest BCUT2D eigenvalue weighted by Gasteiger charge is -2.40. The largest absolute Gasteiger partial charge is 0.343 e. The van der Waals surface area contributed by atoms with E-state index in [1.807, 2.05) is 0 Å². The second-order valence-corrected chi connectivity index (χ2v) is 6.54. The summed E-state index contributed by atoms with van der Waals surface area (Å²) in [6.07, 6.45) is 1.79. The van der Waals surface area contributed by atoms with Crippen molar-refractivity contribution in [1.82, 2.24) is 10.4 Å². The molecule has 1 aliphatic heterocycles. The third-order valence-electron chi connectivity index (χ3n) is 3.81. The molecule has 0 saturated carbocycles. The number of rotatable bonds is 3. The van der Waals surface area contributed by atoms with Gasteiger partial charge in [-0.25, -0.2) is 14.7 Å². The number of likely N-dealkylation sites (tertiary alicyclic amines) is 1. The van der Waals surface area contributed by atoms with Crippen LogP contribution in [0.5, 0.6) is 0 Å². The SMILES string of the molecule is CC(C)(C)N1CCC(ONC(=O)Nc2ccc(F)cc2)CC1. The van der Waals surface area contributed by atoms with Crippen molar-refractivity contribution < 1.29 is 14.0 Å². The third kappa shape index (κ3) is 4.96. The van der Waals surface area contributed by atoms with Gasteiger partial charge in [0, 0.05) is 24.3 Å². The second kappa shape index (κ2) is 7.07. The Kier molecular flexibility index (Phi) is 5.37. The zero-order valence-electron chi connectivity index (χ0n) is 13.4. The van der Waals surface area contributed by atoms with E-state index in [-0.39, 0.29) is 17.5 Å². The highest BCUT2D eigenvalue weighted by atomic mass is 19.1. The molecule has 0 aromatic heterocycles. The number of benzene rings is 1. The molecule has 0 unspecified atom stereocenters. The lowest BCUT2D eigenvalue weighted by atomic mass is 10.00. The molecule has 2 amide bonds. The number of nitrogens with one attached hydrogen (secondary N) is 2. The van der Waals surface area contributed by atoms with Crippen LogP contribution in [0.25, 0.3) is 0 Å². The van der Waals surface area contributed by atoms with E-state index in [1.165, 1.54) is 24.3 Å². The average Bonchev–Trinajstić information content (AvgIpc) is 2.47. The van der Waals surface area contributed by atoms with E-state index in [1.54, 1.807) is 0 Å². The van der Waals surface area contributed by atoms with Crippen LogP contribution in [-0.4, -0.2) is 35.7 Å². The van der Waals surface area contributed by atoms with Crippen molar-refractivity contribution in [2.24, 2.45) is 0 Å². The van der Waals surface area contributed by atoms with Gasteiger partial charge in [-0.2, -0.15) is 0 Å². The minimum Gasteiger partial charge on any atom is -0.306 e. The van der Waals surface area contributed by atoms with E-state index >= 15 is 0 Å². The maximum absolute atomic E-state index is 12.8. The van der Waals surface area contributed by atoms with Crippen LogP contribution in [-0.2, 0) is 4.84 Å². The normalized spacial score (nSPS) is 17.3.